The molecule has 1 aliphatic carbocycles. The Kier molecular flexibility index (Phi) is 8.70. The van der Waals surface area contributed by atoms with Crippen LogP contribution in [0.2, 0.25) is 0 Å². The van der Waals surface area contributed by atoms with E-state index in [0.29, 0.717) is 12.1 Å². The Morgan fingerprint density at radius 1 is 1.17 bits per heavy atom. The Morgan fingerprint density at radius 2 is 2.00 bits per heavy atom. The van der Waals surface area contributed by atoms with Crippen LogP contribution in [0.5, 0.6) is 0 Å². The zero-order valence-electron chi connectivity index (χ0n) is 12.7. The van der Waals surface area contributed by atoms with Gasteiger partial charge in [-0.2, -0.15) is 0 Å². The lowest BCUT2D eigenvalue weighted by molar-refractivity contribution is 0.0107. The summed E-state index contributed by atoms with van der Waals surface area (Å²) in [4.78, 5) is 0. The van der Waals surface area contributed by atoms with Gasteiger partial charge in [-0.3, -0.25) is 0 Å². The molecule has 0 aromatic rings. The van der Waals surface area contributed by atoms with Gasteiger partial charge in [-0.25, -0.2) is 0 Å². The molecule has 0 aliphatic heterocycles. The van der Waals surface area contributed by atoms with E-state index in [1.165, 1.54) is 51.4 Å². The largest absolute Gasteiger partial charge is 0.378 e. The van der Waals surface area contributed by atoms with Crippen LogP contribution in [0.4, 0.5) is 0 Å². The van der Waals surface area contributed by atoms with E-state index in [1.54, 1.807) is 0 Å². The molecule has 0 aromatic heterocycles. The lowest BCUT2D eigenvalue weighted by Crippen LogP contribution is -2.24. The van der Waals surface area contributed by atoms with Crippen molar-refractivity contribution in [1.82, 2.24) is 5.32 Å². The molecule has 108 valence electrons. The van der Waals surface area contributed by atoms with Crippen LogP contribution in [0, 0.1) is 5.92 Å². The second-order valence-electron chi connectivity index (χ2n) is 6.10. The molecule has 2 heteroatoms. The lowest BCUT2D eigenvalue weighted by Gasteiger charge is -2.28. The van der Waals surface area contributed by atoms with Crippen LogP contribution in [0.15, 0.2) is 0 Å². The summed E-state index contributed by atoms with van der Waals surface area (Å²) in [6.45, 7) is 8.85. The third-order valence-corrected chi connectivity index (χ3v) is 4.04. The number of unbranched alkanes of at least 4 members (excludes halogenated alkanes) is 2. The van der Waals surface area contributed by atoms with E-state index < -0.39 is 0 Å². The lowest BCUT2D eigenvalue weighted by atomic mass is 9.85. The fourth-order valence-electron chi connectivity index (χ4n) is 2.81. The molecule has 0 bridgehead atoms. The fraction of sp³-hybridized carbons (Fsp3) is 1.00. The van der Waals surface area contributed by atoms with Crippen molar-refractivity contribution in [3.63, 3.8) is 0 Å². The van der Waals surface area contributed by atoms with Crippen molar-refractivity contribution in [2.45, 2.75) is 84.3 Å². The molecular formula is C16H33NO. The third-order valence-electron chi connectivity index (χ3n) is 4.04. The molecule has 2 nitrogen and oxygen atoms in total. The van der Waals surface area contributed by atoms with Crippen molar-refractivity contribution in [2.24, 2.45) is 5.92 Å². The molecule has 0 amide bonds. The van der Waals surface area contributed by atoms with Gasteiger partial charge in [-0.15, -0.1) is 0 Å². The summed E-state index contributed by atoms with van der Waals surface area (Å²) in [5.41, 5.74) is 0. The molecule has 0 saturated heterocycles. The summed E-state index contributed by atoms with van der Waals surface area (Å²) < 4.78 is 6.02. The Bertz CT molecular complexity index is 194. The molecule has 1 saturated carbocycles. The Morgan fingerprint density at radius 3 is 2.72 bits per heavy atom. The predicted molar refractivity (Wildman–Crippen MR) is 79.0 cm³/mol. The monoisotopic (exact) mass is 255 g/mol. The maximum Gasteiger partial charge on any atom is 0.0577 e. The summed E-state index contributed by atoms with van der Waals surface area (Å²) >= 11 is 0. The molecule has 1 N–H and O–H groups in total. The average molecular weight is 255 g/mol. The number of nitrogens with one attached hydrogen (secondary N) is 1. The van der Waals surface area contributed by atoms with Crippen LogP contribution in [0.1, 0.15) is 72.1 Å². The Labute approximate surface area is 114 Å². The molecule has 0 heterocycles. The summed E-state index contributed by atoms with van der Waals surface area (Å²) in [5.74, 6) is 0.930. The van der Waals surface area contributed by atoms with Crippen molar-refractivity contribution in [2.75, 3.05) is 13.2 Å². The van der Waals surface area contributed by atoms with Crippen LogP contribution >= 0.6 is 0 Å². The van der Waals surface area contributed by atoms with Gasteiger partial charge in [0.25, 0.3) is 0 Å². The molecule has 0 spiro atoms. The van der Waals surface area contributed by atoms with Gasteiger partial charge < -0.3 is 10.1 Å². The van der Waals surface area contributed by atoms with Gasteiger partial charge in [0, 0.05) is 12.6 Å². The maximum atomic E-state index is 6.02. The summed E-state index contributed by atoms with van der Waals surface area (Å²) in [5, 5.41) is 3.46. The Hall–Kier alpha value is -0.0800. The normalized spacial score (nSPS) is 24.7. The highest BCUT2D eigenvalue weighted by Gasteiger charge is 2.20. The maximum absolute atomic E-state index is 6.02. The Balaban J connectivity index is 1.91. The average Bonchev–Trinajstić information content (AvgIpc) is 2.37. The zero-order valence-corrected chi connectivity index (χ0v) is 12.7. The van der Waals surface area contributed by atoms with Gasteiger partial charge in [0.05, 0.1) is 6.10 Å². The molecule has 18 heavy (non-hydrogen) atoms. The highest BCUT2D eigenvalue weighted by Crippen LogP contribution is 2.28. The van der Waals surface area contributed by atoms with Crippen molar-refractivity contribution >= 4 is 0 Å². The molecular weight excluding hydrogens is 222 g/mol. The molecule has 1 fully saturated rings. The minimum Gasteiger partial charge on any atom is -0.378 e. The number of hydrogen-bond acceptors (Lipinski definition) is 2. The van der Waals surface area contributed by atoms with E-state index in [4.69, 9.17) is 4.74 Å². The van der Waals surface area contributed by atoms with E-state index in [-0.39, 0.29) is 0 Å². The van der Waals surface area contributed by atoms with Gasteiger partial charge in [0.1, 0.15) is 0 Å². The van der Waals surface area contributed by atoms with E-state index in [1.807, 2.05) is 0 Å². The molecule has 1 rings (SSSR count). The second-order valence-corrected chi connectivity index (χ2v) is 6.10. The second kappa shape index (κ2) is 9.80. The molecule has 2 unspecified atom stereocenters. The predicted octanol–water partition coefficient (Wildman–Crippen LogP) is 4.14. The first kappa shape index (κ1) is 16.0. The van der Waals surface area contributed by atoms with E-state index in [2.05, 4.69) is 26.1 Å². The van der Waals surface area contributed by atoms with Gasteiger partial charge in [-0.1, -0.05) is 40.0 Å². The first-order valence-electron chi connectivity index (χ1n) is 8.07. The SMILES string of the molecule is CCC1CCCC(OCCCCCNC(C)C)C1. The van der Waals surface area contributed by atoms with Crippen molar-refractivity contribution in [3.8, 4) is 0 Å². The van der Waals surface area contributed by atoms with Gasteiger partial charge >= 0.3 is 0 Å². The van der Waals surface area contributed by atoms with E-state index in [9.17, 15) is 0 Å². The first-order valence-corrected chi connectivity index (χ1v) is 8.07. The van der Waals surface area contributed by atoms with E-state index >= 15 is 0 Å². The number of hydrogen-bond donors (Lipinski definition) is 1. The highest BCUT2D eigenvalue weighted by atomic mass is 16.5. The van der Waals surface area contributed by atoms with Gasteiger partial charge in [0.2, 0.25) is 0 Å². The van der Waals surface area contributed by atoms with E-state index in [0.717, 1.165) is 19.1 Å². The standard InChI is InChI=1S/C16H33NO/c1-4-15-9-8-10-16(13-15)18-12-7-5-6-11-17-14(2)3/h14-17H,4-13H2,1-3H3. The fourth-order valence-corrected chi connectivity index (χ4v) is 2.81. The van der Waals surface area contributed by atoms with Gasteiger partial charge in [0.15, 0.2) is 0 Å². The van der Waals surface area contributed by atoms with Crippen LogP contribution in [0.3, 0.4) is 0 Å². The molecule has 1 aliphatic rings. The number of ether oxygens (including phenoxy) is 1. The molecule has 2 atom stereocenters. The summed E-state index contributed by atoms with van der Waals surface area (Å²) in [6.07, 6.45) is 11.1. The van der Waals surface area contributed by atoms with Crippen molar-refractivity contribution in [1.29, 1.82) is 0 Å². The van der Waals surface area contributed by atoms with Crippen molar-refractivity contribution < 1.29 is 4.74 Å². The van der Waals surface area contributed by atoms with Crippen LogP contribution in [0.25, 0.3) is 0 Å². The minimum atomic E-state index is 0.567. The first-order chi connectivity index (χ1) is 8.72. The zero-order chi connectivity index (χ0) is 13.2. The third kappa shape index (κ3) is 7.38. The quantitative estimate of drug-likeness (QED) is 0.625. The highest BCUT2D eigenvalue weighted by molar-refractivity contribution is 4.72. The van der Waals surface area contributed by atoms with Gasteiger partial charge in [-0.05, 0) is 44.6 Å². The smallest absolute Gasteiger partial charge is 0.0577 e. The molecule has 0 radical (unpaired) electrons. The number of rotatable bonds is 9. The van der Waals surface area contributed by atoms with Crippen LogP contribution in [-0.2, 0) is 4.74 Å². The van der Waals surface area contributed by atoms with Crippen molar-refractivity contribution in [3.05, 3.63) is 0 Å². The summed E-state index contributed by atoms with van der Waals surface area (Å²) in [6, 6.07) is 0.620. The summed E-state index contributed by atoms with van der Waals surface area (Å²) in [7, 11) is 0. The molecule has 0 aromatic carbocycles. The van der Waals surface area contributed by atoms with Crippen LogP contribution < -0.4 is 5.32 Å². The topological polar surface area (TPSA) is 21.3 Å². The minimum absolute atomic E-state index is 0.567. The van der Waals surface area contributed by atoms with Crippen LogP contribution in [-0.4, -0.2) is 25.3 Å².